The van der Waals surface area contributed by atoms with E-state index in [1.165, 1.54) is 6.92 Å². The molecule has 1 heterocycles. The zero-order valence-corrected chi connectivity index (χ0v) is 10.1. The van der Waals surface area contributed by atoms with Gasteiger partial charge in [-0.15, -0.1) is 0 Å². The maximum atomic E-state index is 11.9. The summed E-state index contributed by atoms with van der Waals surface area (Å²) in [6.07, 6.45) is 0.960. The highest BCUT2D eigenvalue weighted by Gasteiger charge is 2.29. The fourth-order valence-corrected chi connectivity index (χ4v) is 1.99. The lowest BCUT2D eigenvalue weighted by Crippen LogP contribution is -2.49. The van der Waals surface area contributed by atoms with E-state index in [1.54, 1.807) is 11.8 Å². The van der Waals surface area contributed by atoms with Crippen molar-refractivity contribution in [1.82, 2.24) is 10.2 Å². The summed E-state index contributed by atoms with van der Waals surface area (Å²) in [6, 6.07) is -0.547. The highest BCUT2D eigenvalue weighted by atomic mass is 16.4. The first kappa shape index (κ1) is 13.5. The number of nitrogens with zero attached hydrogens (tertiary/aromatic N) is 1. The molecular weight excluding hydrogens is 224 g/mol. The van der Waals surface area contributed by atoms with Gasteiger partial charge in [0, 0.05) is 20.0 Å². The maximum absolute atomic E-state index is 11.9. The Labute approximate surface area is 100.0 Å². The first-order valence-corrected chi connectivity index (χ1v) is 5.70. The number of aliphatic carboxylic acids is 1. The molecule has 96 valence electrons. The van der Waals surface area contributed by atoms with Crippen LogP contribution < -0.4 is 5.32 Å². The molecule has 0 aromatic heterocycles. The molecule has 17 heavy (non-hydrogen) atoms. The van der Waals surface area contributed by atoms with Crippen molar-refractivity contribution in [2.45, 2.75) is 32.7 Å². The number of hydrogen-bond donors (Lipinski definition) is 2. The maximum Gasteiger partial charge on any atom is 0.306 e. The zero-order valence-electron chi connectivity index (χ0n) is 10.1. The lowest BCUT2D eigenvalue weighted by Gasteiger charge is -2.32. The lowest BCUT2D eigenvalue weighted by atomic mass is 9.97. The molecule has 0 saturated carbocycles. The molecule has 1 saturated heterocycles. The molecule has 1 fully saturated rings. The van der Waals surface area contributed by atoms with Crippen LogP contribution in [0.3, 0.4) is 0 Å². The molecule has 0 aromatic rings. The van der Waals surface area contributed by atoms with E-state index in [2.05, 4.69) is 5.32 Å². The third-order valence-electron chi connectivity index (χ3n) is 2.95. The van der Waals surface area contributed by atoms with Crippen molar-refractivity contribution < 1.29 is 19.5 Å². The van der Waals surface area contributed by atoms with Crippen molar-refractivity contribution in [3.05, 3.63) is 0 Å². The molecule has 6 nitrogen and oxygen atoms in total. The second kappa shape index (κ2) is 5.65. The normalized spacial score (nSPS) is 18.6. The Kier molecular flexibility index (Phi) is 4.48. The number of likely N-dealkylation sites (tertiary alicyclic amines) is 1. The summed E-state index contributed by atoms with van der Waals surface area (Å²) in [5.41, 5.74) is 0. The van der Waals surface area contributed by atoms with Gasteiger partial charge in [-0.05, 0) is 19.8 Å². The van der Waals surface area contributed by atoms with Gasteiger partial charge in [0.2, 0.25) is 11.8 Å². The van der Waals surface area contributed by atoms with Gasteiger partial charge in [0.15, 0.2) is 0 Å². The monoisotopic (exact) mass is 242 g/mol. The van der Waals surface area contributed by atoms with Crippen LogP contribution in [0.5, 0.6) is 0 Å². The topological polar surface area (TPSA) is 86.7 Å². The Bertz CT molecular complexity index is 321. The van der Waals surface area contributed by atoms with Crippen LogP contribution in [0.25, 0.3) is 0 Å². The van der Waals surface area contributed by atoms with Crippen LogP contribution in [0.15, 0.2) is 0 Å². The average Bonchev–Trinajstić information content (AvgIpc) is 2.27. The van der Waals surface area contributed by atoms with Gasteiger partial charge in [0.25, 0.3) is 0 Å². The molecule has 1 unspecified atom stereocenters. The molecule has 0 bridgehead atoms. The summed E-state index contributed by atoms with van der Waals surface area (Å²) in [7, 11) is 0. The molecule has 0 aliphatic carbocycles. The molecule has 2 N–H and O–H groups in total. The number of carboxylic acids is 1. The number of rotatable bonds is 3. The number of carbonyl (C=O) groups excluding carboxylic acids is 2. The third-order valence-corrected chi connectivity index (χ3v) is 2.95. The van der Waals surface area contributed by atoms with Crippen LogP contribution in [-0.4, -0.2) is 46.9 Å². The van der Waals surface area contributed by atoms with Crippen molar-refractivity contribution in [2.75, 3.05) is 13.1 Å². The molecule has 0 aromatic carbocycles. The second-order valence-corrected chi connectivity index (χ2v) is 4.36. The van der Waals surface area contributed by atoms with Crippen molar-refractivity contribution in [2.24, 2.45) is 5.92 Å². The number of nitrogens with one attached hydrogen (secondary N) is 1. The molecule has 0 spiro atoms. The van der Waals surface area contributed by atoms with E-state index in [9.17, 15) is 14.4 Å². The lowest BCUT2D eigenvalue weighted by molar-refractivity contribution is -0.146. The van der Waals surface area contributed by atoms with Crippen LogP contribution >= 0.6 is 0 Å². The Morgan fingerprint density at radius 3 is 2.24 bits per heavy atom. The first-order valence-electron chi connectivity index (χ1n) is 5.70. The first-order chi connectivity index (χ1) is 7.91. The number of amides is 2. The molecule has 2 amide bonds. The van der Waals surface area contributed by atoms with Gasteiger partial charge in [-0.25, -0.2) is 0 Å². The van der Waals surface area contributed by atoms with Crippen LogP contribution in [0.4, 0.5) is 0 Å². The number of hydrogen-bond acceptors (Lipinski definition) is 3. The Hall–Kier alpha value is -1.59. The standard InChI is InChI=1S/C11H18N2O4/c1-7(12-8(2)14)10(15)13-5-3-9(4-6-13)11(16)17/h7,9H,3-6H2,1-2H3,(H,12,14)(H,16,17). The number of carbonyl (C=O) groups is 3. The third kappa shape index (κ3) is 3.72. The van der Waals surface area contributed by atoms with Crippen molar-refractivity contribution in [3.63, 3.8) is 0 Å². The summed E-state index contributed by atoms with van der Waals surface area (Å²) in [5.74, 6) is -1.54. The number of piperidine rings is 1. The van der Waals surface area contributed by atoms with E-state index in [4.69, 9.17) is 5.11 Å². The van der Waals surface area contributed by atoms with E-state index in [1.807, 2.05) is 0 Å². The van der Waals surface area contributed by atoms with Crippen LogP contribution in [-0.2, 0) is 14.4 Å². The van der Waals surface area contributed by atoms with E-state index in [0.717, 1.165) is 0 Å². The minimum absolute atomic E-state index is 0.149. The molecule has 1 rings (SSSR count). The van der Waals surface area contributed by atoms with Gasteiger partial charge < -0.3 is 15.3 Å². The second-order valence-electron chi connectivity index (χ2n) is 4.36. The molecule has 0 radical (unpaired) electrons. The molecule has 1 aliphatic heterocycles. The molecule has 1 atom stereocenters. The Balaban J connectivity index is 2.45. The predicted molar refractivity (Wildman–Crippen MR) is 60.2 cm³/mol. The summed E-state index contributed by atoms with van der Waals surface area (Å²) < 4.78 is 0. The molecular formula is C11H18N2O4. The minimum Gasteiger partial charge on any atom is -0.481 e. The Morgan fingerprint density at radius 2 is 1.82 bits per heavy atom. The summed E-state index contributed by atoms with van der Waals surface area (Å²) in [5, 5.41) is 11.4. The summed E-state index contributed by atoms with van der Waals surface area (Å²) in [4.78, 5) is 35.1. The predicted octanol–water partition coefficient (Wildman–Crippen LogP) is -0.166. The zero-order chi connectivity index (χ0) is 13.0. The number of carboxylic acid groups (broad SMARTS) is 1. The largest absolute Gasteiger partial charge is 0.481 e. The quantitative estimate of drug-likeness (QED) is 0.719. The highest BCUT2D eigenvalue weighted by molar-refractivity contribution is 5.86. The van der Waals surface area contributed by atoms with Gasteiger partial charge in [-0.3, -0.25) is 14.4 Å². The summed E-state index contributed by atoms with van der Waals surface area (Å²) >= 11 is 0. The van der Waals surface area contributed by atoms with Crippen molar-refractivity contribution in [3.8, 4) is 0 Å². The SMILES string of the molecule is CC(=O)NC(C)C(=O)N1CCC(C(=O)O)CC1. The summed E-state index contributed by atoms with van der Waals surface area (Å²) in [6.45, 7) is 3.88. The van der Waals surface area contributed by atoms with Gasteiger partial charge in [0.1, 0.15) is 6.04 Å². The van der Waals surface area contributed by atoms with E-state index in [-0.39, 0.29) is 17.7 Å². The van der Waals surface area contributed by atoms with Crippen LogP contribution in [0.2, 0.25) is 0 Å². The molecule has 1 aliphatic rings. The fourth-order valence-electron chi connectivity index (χ4n) is 1.99. The van der Waals surface area contributed by atoms with E-state index < -0.39 is 12.0 Å². The average molecular weight is 242 g/mol. The van der Waals surface area contributed by atoms with Gasteiger partial charge in [-0.1, -0.05) is 0 Å². The fraction of sp³-hybridized carbons (Fsp3) is 0.727. The van der Waals surface area contributed by atoms with Gasteiger partial charge >= 0.3 is 5.97 Å². The highest BCUT2D eigenvalue weighted by Crippen LogP contribution is 2.17. The van der Waals surface area contributed by atoms with E-state index >= 15 is 0 Å². The smallest absolute Gasteiger partial charge is 0.306 e. The Morgan fingerprint density at radius 1 is 1.29 bits per heavy atom. The minimum atomic E-state index is -0.799. The van der Waals surface area contributed by atoms with Gasteiger partial charge in [-0.2, -0.15) is 0 Å². The molecule has 6 heteroatoms. The van der Waals surface area contributed by atoms with Crippen LogP contribution in [0.1, 0.15) is 26.7 Å². The van der Waals surface area contributed by atoms with E-state index in [0.29, 0.717) is 25.9 Å². The van der Waals surface area contributed by atoms with Crippen molar-refractivity contribution >= 4 is 17.8 Å². The van der Waals surface area contributed by atoms with Gasteiger partial charge in [0.05, 0.1) is 5.92 Å². The van der Waals surface area contributed by atoms with Crippen molar-refractivity contribution in [1.29, 1.82) is 0 Å². The van der Waals surface area contributed by atoms with Crippen LogP contribution in [0, 0.1) is 5.92 Å².